The van der Waals surface area contributed by atoms with Gasteiger partial charge in [-0.2, -0.15) is 0 Å². The predicted molar refractivity (Wildman–Crippen MR) is 142 cm³/mol. The van der Waals surface area contributed by atoms with Crippen molar-refractivity contribution in [2.45, 2.75) is 32.6 Å². The van der Waals surface area contributed by atoms with Crippen LogP contribution in [0, 0.1) is 5.92 Å². The molecule has 1 aliphatic rings. The molecular weight excluding hydrogens is 432 g/mol. The fraction of sp³-hybridized carbons (Fsp3) is 0.290. The SMILES string of the molecule is CCCOc1ccc(-c2cc(C(=O)N3CCC(Cc4ccccc4)CC3)c3ccccc3n2)cc1. The van der Waals surface area contributed by atoms with E-state index in [-0.39, 0.29) is 5.91 Å². The molecule has 1 aromatic heterocycles. The number of amides is 1. The summed E-state index contributed by atoms with van der Waals surface area (Å²) >= 11 is 0. The number of carbonyl (C=O) groups is 1. The molecular formula is C31H32N2O2. The molecule has 0 bridgehead atoms. The number of rotatable bonds is 7. The number of para-hydroxylation sites is 1. The van der Waals surface area contributed by atoms with Crippen LogP contribution in [-0.2, 0) is 6.42 Å². The maximum absolute atomic E-state index is 13.7. The van der Waals surface area contributed by atoms with Crippen molar-refractivity contribution in [2.75, 3.05) is 19.7 Å². The Bertz CT molecular complexity index is 1280. The van der Waals surface area contributed by atoms with E-state index in [0.29, 0.717) is 12.5 Å². The molecule has 1 fully saturated rings. The second-order valence-corrected chi connectivity index (χ2v) is 9.37. The molecule has 4 heteroatoms. The van der Waals surface area contributed by atoms with E-state index in [1.165, 1.54) is 5.56 Å². The maximum Gasteiger partial charge on any atom is 0.254 e. The highest BCUT2D eigenvalue weighted by Gasteiger charge is 2.25. The maximum atomic E-state index is 13.7. The number of ether oxygens (including phenoxy) is 1. The summed E-state index contributed by atoms with van der Waals surface area (Å²) in [5.41, 5.74) is 4.76. The van der Waals surface area contributed by atoms with Crippen LogP contribution in [0.2, 0.25) is 0 Å². The van der Waals surface area contributed by atoms with Gasteiger partial charge in [-0.1, -0.05) is 55.5 Å². The van der Waals surface area contributed by atoms with Gasteiger partial charge in [-0.15, -0.1) is 0 Å². The highest BCUT2D eigenvalue weighted by Crippen LogP contribution is 2.29. The number of carbonyl (C=O) groups excluding carboxylic acids is 1. The number of nitrogens with zero attached hydrogens (tertiary/aromatic N) is 2. The van der Waals surface area contributed by atoms with E-state index in [1.54, 1.807) is 0 Å². The fourth-order valence-electron chi connectivity index (χ4n) is 4.90. The normalized spacial score (nSPS) is 14.3. The Kier molecular flexibility index (Phi) is 7.08. The standard InChI is InChI=1S/C31H32N2O2/c1-2-20-35-26-14-12-25(13-15-26)30-22-28(27-10-6-7-11-29(27)32-30)31(34)33-18-16-24(17-19-33)21-23-8-4-3-5-9-23/h3-15,22,24H,2,16-21H2,1H3. The number of likely N-dealkylation sites (tertiary alicyclic amines) is 1. The minimum atomic E-state index is 0.103. The zero-order chi connectivity index (χ0) is 24.0. The van der Waals surface area contributed by atoms with Crippen LogP contribution in [0.15, 0.2) is 84.9 Å². The molecule has 0 atom stereocenters. The first-order valence-corrected chi connectivity index (χ1v) is 12.7. The van der Waals surface area contributed by atoms with E-state index >= 15 is 0 Å². The monoisotopic (exact) mass is 464 g/mol. The molecule has 35 heavy (non-hydrogen) atoms. The molecule has 0 radical (unpaired) electrons. The highest BCUT2D eigenvalue weighted by atomic mass is 16.5. The quantitative estimate of drug-likeness (QED) is 0.303. The van der Waals surface area contributed by atoms with Crippen LogP contribution in [0.5, 0.6) is 5.75 Å². The molecule has 1 amide bonds. The molecule has 4 nitrogen and oxygen atoms in total. The predicted octanol–water partition coefficient (Wildman–Crippen LogP) is 6.79. The third kappa shape index (κ3) is 5.37. The number of pyridine rings is 1. The molecule has 0 aliphatic carbocycles. The second kappa shape index (κ2) is 10.7. The number of piperidine rings is 1. The van der Waals surface area contributed by atoms with Gasteiger partial charge in [-0.3, -0.25) is 4.79 Å². The van der Waals surface area contributed by atoms with Gasteiger partial charge >= 0.3 is 0 Å². The van der Waals surface area contributed by atoms with Crippen molar-refractivity contribution in [1.82, 2.24) is 9.88 Å². The van der Waals surface area contributed by atoms with Crippen LogP contribution in [0.1, 0.15) is 42.1 Å². The molecule has 2 heterocycles. The van der Waals surface area contributed by atoms with Gasteiger partial charge < -0.3 is 9.64 Å². The van der Waals surface area contributed by atoms with Crippen LogP contribution in [-0.4, -0.2) is 35.5 Å². The van der Waals surface area contributed by atoms with Crippen molar-refractivity contribution in [1.29, 1.82) is 0 Å². The first-order valence-electron chi connectivity index (χ1n) is 12.7. The molecule has 0 unspecified atom stereocenters. The van der Waals surface area contributed by atoms with E-state index in [4.69, 9.17) is 9.72 Å². The Hall–Kier alpha value is -3.66. The van der Waals surface area contributed by atoms with E-state index in [9.17, 15) is 4.79 Å². The van der Waals surface area contributed by atoms with Crippen molar-refractivity contribution >= 4 is 16.8 Å². The molecule has 0 saturated carbocycles. The fourth-order valence-corrected chi connectivity index (χ4v) is 4.90. The molecule has 1 aliphatic heterocycles. The van der Waals surface area contributed by atoms with Gasteiger partial charge in [0.1, 0.15) is 5.75 Å². The zero-order valence-corrected chi connectivity index (χ0v) is 20.3. The first-order chi connectivity index (χ1) is 17.2. The third-order valence-electron chi connectivity index (χ3n) is 6.84. The largest absolute Gasteiger partial charge is 0.494 e. The topological polar surface area (TPSA) is 42.4 Å². The lowest BCUT2D eigenvalue weighted by Gasteiger charge is -2.32. The van der Waals surface area contributed by atoms with Gasteiger partial charge in [0, 0.05) is 24.0 Å². The van der Waals surface area contributed by atoms with Crippen LogP contribution in [0.3, 0.4) is 0 Å². The number of benzene rings is 3. The van der Waals surface area contributed by atoms with Gasteiger partial charge in [0.25, 0.3) is 5.91 Å². The Morgan fingerprint density at radius 1 is 0.943 bits per heavy atom. The summed E-state index contributed by atoms with van der Waals surface area (Å²) < 4.78 is 5.72. The summed E-state index contributed by atoms with van der Waals surface area (Å²) in [6, 6.07) is 28.6. The first kappa shape index (κ1) is 23.1. The summed E-state index contributed by atoms with van der Waals surface area (Å²) in [6.45, 7) is 4.39. The Labute approximate surface area is 207 Å². The van der Waals surface area contributed by atoms with Crippen LogP contribution in [0.25, 0.3) is 22.2 Å². The molecule has 4 aromatic rings. The Morgan fingerprint density at radius 2 is 1.66 bits per heavy atom. The average molecular weight is 465 g/mol. The zero-order valence-electron chi connectivity index (χ0n) is 20.3. The lowest BCUT2D eigenvalue weighted by molar-refractivity contribution is 0.0692. The summed E-state index contributed by atoms with van der Waals surface area (Å²) in [4.78, 5) is 20.6. The van der Waals surface area contributed by atoms with E-state index in [0.717, 1.165) is 72.2 Å². The van der Waals surface area contributed by atoms with E-state index < -0.39 is 0 Å². The summed E-state index contributed by atoms with van der Waals surface area (Å²) in [5, 5.41) is 0.913. The Balaban J connectivity index is 1.36. The van der Waals surface area contributed by atoms with Crippen molar-refractivity contribution in [3.63, 3.8) is 0 Å². The molecule has 5 rings (SSSR count). The summed E-state index contributed by atoms with van der Waals surface area (Å²) in [5.74, 6) is 1.58. The van der Waals surface area contributed by atoms with Gasteiger partial charge in [-0.25, -0.2) is 4.98 Å². The third-order valence-corrected chi connectivity index (χ3v) is 6.84. The highest BCUT2D eigenvalue weighted by molar-refractivity contribution is 6.07. The van der Waals surface area contributed by atoms with Crippen molar-refractivity contribution in [3.05, 3.63) is 96.1 Å². The smallest absolute Gasteiger partial charge is 0.254 e. The lowest BCUT2D eigenvalue weighted by atomic mass is 9.90. The van der Waals surface area contributed by atoms with Crippen molar-refractivity contribution in [2.24, 2.45) is 5.92 Å². The number of hydrogen-bond acceptors (Lipinski definition) is 3. The number of fused-ring (bicyclic) bond motifs is 1. The van der Waals surface area contributed by atoms with Crippen LogP contribution in [0.4, 0.5) is 0 Å². The molecule has 178 valence electrons. The van der Waals surface area contributed by atoms with Crippen molar-refractivity contribution < 1.29 is 9.53 Å². The van der Waals surface area contributed by atoms with E-state index in [2.05, 4.69) is 37.3 Å². The number of hydrogen-bond donors (Lipinski definition) is 0. The summed E-state index contributed by atoms with van der Waals surface area (Å²) in [7, 11) is 0. The molecule has 3 aromatic carbocycles. The van der Waals surface area contributed by atoms with Crippen LogP contribution >= 0.6 is 0 Å². The second-order valence-electron chi connectivity index (χ2n) is 9.37. The Morgan fingerprint density at radius 3 is 2.40 bits per heavy atom. The summed E-state index contributed by atoms with van der Waals surface area (Å²) in [6.07, 6.45) is 4.14. The van der Waals surface area contributed by atoms with Gasteiger partial charge in [0.2, 0.25) is 0 Å². The van der Waals surface area contributed by atoms with Gasteiger partial charge in [0.05, 0.1) is 23.4 Å². The minimum Gasteiger partial charge on any atom is -0.494 e. The van der Waals surface area contributed by atoms with Crippen molar-refractivity contribution in [3.8, 4) is 17.0 Å². The van der Waals surface area contributed by atoms with Gasteiger partial charge in [0.15, 0.2) is 0 Å². The minimum absolute atomic E-state index is 0.103. The van der Waals surface area contributed by atoms with E-state index in [1.807, 2.05) is 59.5 Å². The molecule has 0 N–H and O–H groups in total. The van der Waals surface area contributed by atoms with Gasteiger partial charge in [-0.05, 0) is 73.6 Å². The number of aromatic nitrogens is 1. The lowest BCUT2D eigenvalue weighted by Crippen LogP contribution is -2.39. The average Bonchev–Trinajstić information content (AvgIpc) is 2.92. The molecule has 1 saturated heterocycles. The van der Waals surface area contributed by atoms with Crippen LogP contribution < -0.4 is 4.74 Å². The molecule has 0 spiro atoms.